The van der Waals surface area contributed by atoms with Crippen molar-refractivity contribution < 1.29 is 4.52 Å². The van der Waals surface area contributed by atoms with E-state index in [-0.39, 0.29) is 0 Å². The van der Waals surface area contributed by atoms with Crippen LogP contribution >= 0.6 is 0 Å². The lowest BCUT2D eigenvalue weighted by molar-refractivity contribution is 0.311. The van der Waals surface area contributed by atoms with Crippen molar-refractivity contribution in [1.82, 2.24) is 20.8 Å². The maximum absolute atomic E-state index is 5.30. The summed E-state index contributed by atoms with van der Waals surface area (Å²) in [4.78, 5) is 4.45. The van der Waals surface area contributed by atoms with Gasteiger partial charge in [0, 0.05) is 18.9 Å². The normalized spacial score (nSPS) is 19.4. The summed E-state index contributed by atoms with van der Waals surface area (Å²) in [6.07, 6.45) is 4.18. The molecule has 17 heavy (non-hydrogen) atoms. The highest BCUT2D eigenvalue weighted by Crippen LogP contribution is 2.17. The molecule has 1 aromatic heterocycles. The third-order valence-electron chi connectivity index (χ3n) is 3.41. The Morgan fingerprint density at radius 2 is 2.24 bits per heavy atom. The third-order valence-corrected chi connectivity index (χ3v) is 3.41. The van der Waals surface area contributed by atoms with E-state index >= 15 is 0 Å². The summed E-state index contributed by atoms with van der Waals surface area (Å²) in [5.41, 5.74) is 0. The SMILES string of the molecule is CNC(C)Cc1noc(CC2CCNCC2)n1. The molecule has 0 spiro atoms. The second-order valence-corrected chi connectivity index (χ2v) is 4.90. The molecular formula is C12H22N4O. The van der Waals surface area contributed by atoms with Gasteiger partial charge in [-0.05, 0) is 45.8 Å². The predicted molar refractivity (Wildman–Crippen MR) is 65.8 cm³/mol. The average molecular weight is 238 g/mol. The fraction of sp³-hybridized carbons (Fsp3) is 0.833. The highest BCUT2D eigenvalue weighted by Gasteiger charge is 2.17. The maximum atomic E-state index is 5.30. The summed E-state index contributed by atoms with van der Waals surface area (Å²) in [5, 5.41) is 10.6. The molecule has 0 saturated carbocycles. The lowest BCUT2D eigenvalue weighted by Crippen LogP contribution is -2.28. The molecule has 0 bridgehead atoms. The Hall–Kier alpha value is -0.940. The highest BCUT2D eigenvalue weighted by atomic mass is 16.5. The molecule has 96 valence electrons. The van der Waals surface area contributed by atoms with Crippen molar-refractivity contribution in [1.29, 1.82) is 0 Å². The van der Waals surface area contributed by atoms with Crippen LogP contribution < -0.4 is 10.6 Å². The van der Waals surface area contributed by atoms with Gasteiger partial charge < -0.3 is 15.2 Å². The van der Waals surface area contributed by atoms with Crippen molar-refractivity contribution in [2.45, 2.75) is 38.6 Å². The minimum Gasteiger partial charge on any atom is -0.339 e. The Morgan fingerprint density at radius 3 is 2.94 bits per heavy atom. The number of hydrogen-bond donors (Lipinski definition) is 2. The summed E-state index contributed by atoms with van der Waals surface area (Å²) in [7, 11) is 1.95. The number of rotatable bonds is 5. The smallest absolute Gasteiger partial charge is 0.226 e. The van der Waals surface area contributed by atoms with Crippen molar-refractivity contribution in [3.8, 4) is 0 Å². The van der Waals surface area contributed by atoms with Crippen molar-refractivity contribution >= 4 is 0 Å². The molecule has 1 aromatic rings. The van der Waals surface area contributed by atoms with Crippen molar-refractivity contribution in [2.75, 3.05) is 20.1 Å². The summed E-state index contributed by atoms with van der Waals surface area (Å²) >= 11 is 0. The van der Waals surface area contributed by atoms with Crippen molar-refractivity contribution in [3.63, 3.8) is 0 Å². The number of likely N-dealkylation sites (N-methyl/N-ethyl adjacent to an activating group) is 1. The third kappa shape index (κ3) is 3.78. The molecule has 0 radical (unpaired) electrons. The molecule has 1 saturated heterocycles. The zero-order valence-electron chi connectivity index (χ0n) is 10.7. The van der Waals surface area contributed by atoms with Crippen LogP contribution in [0.2, 0.25) is 0 Å². The molecule has 1 aliphatic rings. The Labute approximate surface area is 102 Å². The molecule has 5 nitrogen and oxygen atoms in total. The molecule has 1 aliphatic heterocycles. The largest absolute Gasteiger partial charge is 0.339 e. The van der Waals surface area contributed by atoms with Crippen LogP contribution in [0, 0.1) is 5.92 Å². The Morgan fingerprint density at radius 1 is 1.47 bits per heavy atom. The number of hydrogen-bond acceptors (Lipinski definition) is 5. The first-order chi connectivity index (χ1) is 8.28. The molecule has 0 aliphatic carbocycles. The van der Waals surface area contributed by atoms with Gasteiger partial charge in [0.15, 0.2) is 5.82 Å². The Bertz CT molecular complexity index is 333. The van der Waals surface area contributed by atoms with E-state index < -0.39 is 0 Å². The van der Waals surface area contributed by atoms with Gasteiger partial charge in [0.1, 0.15) is 0 Å². The molecule has 2 heterocycles. The van der Waals surface area contributed by atoms with E-state index in [1.54, 1.807) is 0 Å². The van der Waals surface area contributed by atoms with E-state index in [0.29, 0.717) is 12.0 Å². The molecule has 5 heteroatoms. The topological polar surface area (TPSA) is 63.0 Å². The van der Waals surface area contributed by atoms with E-state index in [9.17, 15) is 0 Å². The van der Waals surface area contributed by atoms with Gasteiger partial charge in [0.2, 0.25) is 5.89 Å². The lowest BCUT2D eigenvalue weighted by Gasteiger charge is -2.20. The first kappa shape index (κ1) is 12.5. The van der Waals surface area contributed by atoms with E-state index in [1.807, 2.05) is 7.05 Å². The van der Waals surface area contributed by atoms with Gasteiger partial charge in [0.25, 0.3) is 0 Å². The van der Waals surface area contributed by atoms with Crippen LogP contribution in [-0.4, -0.2) is 36.3 Å². The zero-order valence-corrected chi connectivity index (χ0v) is 10.7. The van der Waals surface area contributed by atoms with E-state index in [4.69, 9.17) is 4.52 Å². The minimum atomic E-state index is 0.388. The van der Waals surface area contributed by atoms with Crippen LogP contribution in [0.5, 0.6) is 0 Å². The van der Waals surface area contributed by atoms with Crippen LogP contribution in [0.3, 0.4) is 0 Å². The van der Waals surface area contributed by atoms with Gasteiger partial charge in [-0.1, -0.05) is 5.16 Å². The summed E-state index contributed by atoms with van der Waals surface area (Å²) in [6, 6.07) is 0.388. The minimum absolute atomic E-state index is 0.388. The molecule has 2 rings (SSSR count). The predicted octanol–water partition coefficient (Wildman–Crippen LogP) is 0.762. The summed E-state index contributed by atoms with van der Waals surface area (Å²) in [6.45, 7) is 4.34. The second kappa shape index (κ2) is 6.12. The Kier molecular flexibility index (Phi) is 4.50. The quantitative estimate of drug-likeness (QED) is 0.793. The zero-order chi connectivity index (χ0) is 12.1. The van der Waals surface area contributed by atoms with Crippen LogP contribution in [0.25, 0.3) is 0 Å². The van der Waals surface area contributed by atoms with Gasteiger partial charge in [-0.15, -0.1) is 0 Å². The van der Waals surface area contributed by atoms with E-state index in [2.05, 4.69) is 27.7 Å². The standard InChI is InChI=1S/C12H22N4O/c1-9(13-2)7-11-15-12(17-16-11)8-10-3-5-14-6-4-10/h9-10,13-14H,3-8H2,1-2H3. The van der Waals surface area contributed by atoms with Crippen LogP contribution in [0.15, 0.2) is 4.52 Å². The number of nitrogens with zero attached hydrogens (tertiary/aromatic N) is 2. The molecule has 1 unspecified atom stereocenters. The fourth-order valence-electron chi connectivity index (χ4n) is 2.16. The van der Waals surface area contributed by atoms with Gasteiger partial charge >= 0.3 is 0 Å². The Balaban J connectivity index is 1.84. The molecule has 1 atom stereocenters. The van der Waals surface area contributed by atoms with Crippen molar-refractivity contribution in [3.05, 3.63) is 11.7 Å². The van der Waals surface area contributed by atoms with Crippen LogP contribution in [0.1, 0.15) is 31.5 Å². The number of aromatic nitrogens is 2. The molecule has 0 aromatic carbocycles. The summed E-state index contributed by atoms with van der Waals surface area (Å²) in [5.74, 6) is 2.32. The highest BCUT2D eigenvalue weighted by molar-refractivity contribution is 4.91. The first-order valence-electron chi connectivity index (χ1n) is 6.47. The van der Waals surface area contributed by atoms with Gasteiger partial charge in [-0.3, -0.25) is 0 Å². The lowest BCUT2D eigenvalue weighted by atomic mass is 9.95. The molecular weight excluding hydrogens is 216 g/mol. The fourth-order valence-corrected chi connectivity index (χ4v) is 2.16. The van der Waals surface area contributed by atoms with Gasteiger partial charge in [-0.25, -0.2) is 0 Å². The number of piperidine rings is 1. The van der Waals surface area contributed by atoms with Gasteiger partial charge in [-0.2, -0.15) is 4.98 Å². The van der Waals surface area contributed by atoms with Crippen LogP contribution in [0.4, 0.5) is 0 Å². The maximum Gasteiger partial charge on any atom is 0.226 e. The molecule has 0 amide bonds. The monoisotopic (exact) mass is 238 g/mol. The second-order valence-electron chi connectivity index (χ2n) is 4.90. The van der Waals surface area contributed by atoms with Crippen molar-refractivity contribution in [2.24, 2.45) is 5.92 Å². The molecule has 2 N–H and O–H groups in total. The van der Waals surface area contributed by atoms with E-state index in [1.165, 1.54) is 12.8 Å². The number of nitrogens with one attached hydrogen (secondary N) is 2. The first-order valence-corrected chi connectivity index (χ1v) is 6.47. The van der Waals surface area contributed by atoms with E-state index in [0.717, 1.165) is 37.6 Å². The van der Waals surface area contributed by atoms with Crippen LogP contribution in [-0.2, 0) is 12.8 Å². The summed E-state index contributed by atoms with van der Waals surface area (Å²) < 4.78 is 5.30. The molecule has 1 fully saturated rings. The average Bonchev–Trinajstić information content (AvgIpc) is 2.77. The van der Waals surface area contributed by atoms with Gasteiger partial charge in [0.05, 0.1) is 0 Å².